The highest BCUT2D eigenvalue weighted by Gasteiger charge is 2.31. The summed E-state index contributed by atoms with van der Waals surface area (Å²) in [5, 5.41) is 9.83. The van der Waals surface area contributed by atoms with Crippen molar-refractivity contribution >= 4 is 51.6 Å². The number of sulfonamides is 1. The number of aliphatic imine (C=N–C) groups is 1. The lowest BCUT2D eigenvalue weighted by atomic mass is 10.1. The van der Waals surface area contributed by atoms with Crippen molar-refractivity contribution in [3.8, 4) is 0 Å². The highest BCUT2D eigenvalue weighted by Crippen LogP contribution is 2.21. The summed E-state index contributed by atoms with van der Waals surface area (Å²) in [5.41, 5.74) is 15.5. The van der Waals surface area contributed by atoms with E-state index in [2.05, 4.69) is 31.0 Å². The van der Waals surface area contributed by atoms with E-state index in [1.165, 1.54) is 0 Å². The van der Waals surface area contributed by atoms with Crippen molar-refractivity contribution in [2.24, 2.45) is 16.5 Å². The Labute approximate surface area is 389 Å². The largest absolute Gasteiger partial charge is 0.461 e. The Balaban J connectivity index is 1.42. The summed E-state index contributed by atoms with van der Waals surface area (Å²) in [5.74, 6) is -5.46. The summed E-state index contributed by atoms with van der Waals surface area (Å²) >= 11 is 0. The van der Waals surface area contributed by atoms with E-state index in [1.54, 1.807) is 86.6 Å². The number of hydrogen-bond acceptors (Lipinski definition) is 13. The molecule has 19 nitrogen and oxygen atoms in total. The number of carbonyl (C=O) groups excluding carboxylic acids is 6. The number of carbonyl (C=O) groups is 6. The monoisotopic (exact) mass is 942 g/mol. The maximum absolute atomic E-state index is 13.9. The van der Waals surface area contributed by atoms with Gasteiger partial charge >= 0.3 is 11.9 Å². The summed E-state index contributed by atoms with van der Waals surface area (Å²) < 4.78 is 45.1. The van der Waals surface area contributed by atoms with Crippen LogP contribution >= 0.6 is 0 Å². The van der Waals surface area contributed by atoms with E-state index in [1.807, 2.05) is 37.3 Å². The van der Waals surface area contributed by atoms with Crippen molar-refractivity contribution in [1.29, 1.82) is 0 Å². The molecule has 67 heavy (non-hydrogen) atoms. The smallest absolute Gasteiger partial charge is 0.331 e. The van der Waals surface area contributed by atoms with Crippen LogP contribution in [-0.4, -0.2) is 94.3 Å². The highest BCUT2D eigenvalue weighted by molar-refractivity contribution is 7.90. The van der Waals surface area contributed by atoms with Crippen LogP contribution in [-0.2, 0) is 72.8 Å². The number of nitrogens with zero attached hydrogens (tertiary/aromatic N) is 1. The Hall–Kier alpha value is -7.16. The van der Waals surface area contributed by atoms with Crippen molar-refractivity contribution in [3.63, 3.8) is 0 Å². The molecule has 0 bridgehead atoms. The van der Waals surface area contributed by atoms with E-state index in [-0.39, 0.29) is 56.7 Å². The topological polar surface area (TPSA) is 289 Å². The van der Waals surface area contributed by atoms with Gasteiger partial charge in [-0.2, -0.15) is 0 Å². The first kappa shape index (κ1) is 52.5. The molecule has 3 atom stereocenters. The first-order valence-corrected chi connectivity index (χ1v) is 22.8. The van der Waals surface area contributed by atoms with Crippen LogP contribution in [0.3, 0.4) is 0 Å². The second-order valence-electron chi connectivity index (χ2n) is 15.4. The lowest BCUT2D eigenvalue weighted by Gasteiger charge is -2.23. The molecule has 0 heterocycles. The fourth-order valence-electron chi connectivity index (χ4n) is 6.68. The fourth-order valence-corrected chi connectivity index (χ4v) is 8.08. The normalized spacial score (nSPS) is 12.7. The molecule has 0 spiro atoms. The number of nitrogens with one attached hydrogen (secondary N) is 5. The van der Waals surface area contributed by atoms with Crippen molar-refractivity contribution in [3.05, 3.63) is 137 Å². The predicted octanol–water partition coefficient (Wildman–Crippen LogP) is 1.61. The van der Waals surface area contributed by atoms with Crippen LogP contribution in [0.2, 0.25) is 0 Å². The van der Waals surface area contributed by atoms with Gasteiger partial charge in [-0.25, -0.2) is 17.9 Å². The molecule has 0 saturated carbocycles. The standard InChI is InChI=1S/C47H58N8O11S/c1-31-22-32(2)43(33(3)23-31)67(62,63)55-47(49)50-21-13-20-37(52-40(56)25-48)44(59)51-26-41(57)53-38(24-42(58)65-28-35-16-9-5-10-17-35)45(60)54-39(30-64-27-34-14-7-4-8-15-34)46(61)66-29-36-18-11-6-12-19-36/h4-12,14-19,22-23,37-39H,13,20-21,24-30,48H2,1-3H3,(H,51,59)(H,52,56)(H,53,57)(H,54,60)(H3,49,50,55)/t37-,38-,39-/m0/s1. The van der Waals surface area contributed by atoms with Gasteiger partial charge in [0.15, 0.2) is 6.04 Å². The van der Waals surface area contributed by atoms with Gasteiger partial charge in [-0.05, 0) is 61.4 Å². The minimum atomic E-state index is -4.07. The van der Waals surface area contributed by atoms with E-state index in [0.717, 1.165) is 11.1 Å². The Bertz CT molecular complexity index is 2420. The van der Waals surface area contributed by atoms with Crippen molar-refractivity contribution in [2.45, 2.75) is 82.9 Å². The molecule has 4 aromatic rings. The predicted molar refractivity (Wildman–Crippen MR) is 248 cm³/mol. The van der Waals surface area contributed by atoms with Gasteiger partial charge < -0.3 is 46.9 Å². The first-order valence-electron chi connectivity index (χ1n) is 21.3. The molecule has 0 aliphatic carbocycles. The molecule has 0 unspecified atom stereocenters. The van der Waals surface area contributed by atoms with Gasteiger partial charge in [0.05, 0.1) is 37.6 Å². The zero-order valence-corrected chi connectivity index (χ0v) is 38.4. The first-order chi connectivity index (χ1) is 32.0. The fraction of sp³-hybridized carbons (Fsp3) is 0.340. The van der Waals surface area contributed by atoms with Crippen LogP contribution in [0.15, 0.2) is 113 Å². The number of benzene rings is 4. The van der Waals surface area contributed by atoms with Crippen molar-refractivity contribution < 1.29 is 51.4 Å². The number of esters is 2. The van der Waals surface area contributed by atoms with Crippen LogP contribution in [0, 0.1) is 20.8 Å². The van der Waals surface area contributed by atoms with Crippen molar-refractivity contribution in [2.75, 3.05) is 26.2 Å². The average molecular weight is 943 g/mol. The van der Waals surface area contributed by atoms with Crippen molar-refractivity contribution in [1.82, 2.24) is 26.0 Å². The molecule has 0 aliphatic heterocycles. The third kappa shape index (κ3) is 18.3. The Morgan fingerprint density at radius 3 is 1.78 bits per heavy atom. The lowest BCUT2D eigenvalue weighted by molar-refractivity contribution is -0.152. The molecule has 0 aromatic heterocycles. The molecule has 20 heteroatoms. The Morgan fingerprint density at radius 1 is 0.672 bits per heavy atom. The molecule has 9 N–H and O–H groups in total. The summed E-state index contributed by atoms with van der Waals surface area (Å²) in [6.07, 6.45) is -0.586. The molecule has 4 aromatic carbocycles. The molecule has 358 valence electrons. The third-order valence-electron chi connectivity index (χ3n) is 9.79. The van der Waals surface area contributed by atoms with E-state index >= 15 is 0 Å². The van der Waals surface area contributed by atoms with Crippen LogP contribution in [0.4, 0.5) is 0 Å². The zero-order valence-electron chi connectivity index (χ0n) is 37.6. The second-order valence-corrected chi connectivity index (χ2v) is 17.0. The SMILES string of the molecule is Cc1cc(C)c(S(=O)(=O)NC(N)=NCCC[C@H](NC(=O)CN)C(=O)NCC(=O)N[C@@H](CC(=O)OCc2ccccc2)C(=O)N[C@@H](COCc2ccccc2)C(=O)OCc2ccccc2)c(C)c1. The molecule has 0 saturated heterocycles. The minimum absolute atomic E-state index is 0.0364. The van der Waals surface area contributed by atoms with Crippen LogP contribution in [0.5, 0.6) is 0 Å². The Morgan fingerprint density at radius 2 is 1.21 bits per heavy atom. The lowest BCUT2D eigenvalue weighted by Crippen LogP contribution is -2.55. The second kappa shape index (κ2) is 26.7. The highest BCUT2D eigenvalue weighted by atomic mass is 32.2. The zero-order chi connectivity index (χ0) is 48.8. The number of hydrogen-bond donors (Lipinski definition) is 7. The van der Waals surface area contributed by atoms with Gasteiger partial charge in [-0.3, -0.25) is 29.0 Å². The number of amides is 4. The summed E-state index contributed by atoms with van der Waals surface area (Å²) in [6, 6.07) is 25.9. The molecule has 0 aliphatic rings. The molecule has 0 radical (unpaired) electrons. The van der Waals surface area contributed by atoms with Gasteiger partial charge in [0, 0.05) is 6.54 Å². The van der Waals surface area contributed by atoms with E-state index in [9.17, 15) is 37.2 Å². The summed E-state index contributed by atoms with van der Waals surface area (Å²) in [7, 11) is -4.07. The molecular formula is C47H58N8O11S. The maximum Gasteiger partial charge on any atom is 0.331 e. The van der Waals surface area contributed by atoms with Crippen LogP contribution in [0.25, 0.3) is 0 Å². The molecular weight excluding hydrogens is 885 g/mol. The van der Waals surface area contributed by atoms with E-state index in [0.29, 0.717) is 22.3 Å². The quantitative estimate of drug-likeness (QED) is 0.0216. The summed E-state index contributed by atoms with van der Waals surface area (Å²) in [6.45, 7) is 3.47. The van der Waals surface area contributed by atoms with Crippen LogP contribution < -0.4 is 37.5 Å². The number of nitrogens with two attached hydrogens (primary N) is 2. The van der Waals surface area contributed by atoms with Gasteiger partial charge in [0.1, 0.15) is 25.3 Å². The number of rotatable bonds is 25. The van der Waals surface area contributed by atoms with Crippen LogP contribution in [0.1, 0.15) is 52.6 Å². The maximum atomic E-state index is 13.9. The average Bonchev–Trinajstić information content (AvgIpc) is 3.29. The summed E-state index contributed by atoms with van der Waals surface area (Å²) in [4.78, 5) is 83.5. The van der Waals surface area contributed by atoms with Gasteiger partial charge in [-0.1, -0.05) is 109 Å². The Kier molecular flexibility index (Phi) is 20.9. The van der Waals surface area contributed by atoms with E-state index in [4.69, 9.17) is 25.7 Å². The van der Waals surface area contributed by atoms with Gasteiger partial charge in [0.2, 0.25) is 29.6 Å². The molecule has 4 amide bonds. The molecule has 0 fully saturated rings. The van der Waals surface area contributed by atoms with Gasteiger partial charge in [0.25, 0.3) is 10.0 Å². The number of aryl methyl sites for hydroxylation is 3. The van der Waals surface area contributed by atoms with E-state index < -0.39 is 83.2 Å². The minimum Gasteiger partial charge on any atom is -0.461 e. The number of guanidine groups is 1. The molecule has 4 rings (SSSR count). The third-order valence-corrected chi connectivity index (χ3v) is 11.5. The number of ether oxygens (including phenoxy) is 3. The van der Waals surface area contributed by atoms with Gasteiger partial charge in [-0.15, -0.1) is 0 Å².